The summed E-state index contributed by atoms with van der Waals surface area (Å²) in [5.41, 5.74) is 1.36. The van der Waals surface area contributed by atoms with Gasteiger partial charge < -0.3 is 14.8 Å². The van der Waals surface area contributed by atoms with Gasteiger partial charge in [-0.3, -0.25) is 9.10 Å². The van der Waals surface area contributed by atoms with E-state index in [2.05, 4.69) is 5.32 Å². The first-order valence-electron chi connectivity index (χ1n) is 8.98. The molecule has 0 bridgehead atoms. The first-order chi connectivity index (χ1) is 13.3. The van der Waals surface area contributed by atoms with Crippen molar-refractivity contribution in [3.63, 3.8) is 0 Å². The number of amides is 1. The van der Waals surface area contributed by atoms with Crippen molar-refractivity contribution in [1.29, 1.82) is 0 Å². The van der Waals surface area contributed by atoms with E-state index in [9.17, 15) is 13.2 Å². The molecule has 1 N–H and O–H groups in total. The highest BCUT2D eigenvalue weighted by Gasteiger charge is 2.30. The van der Waals surface area contributed by atoms with Crippen LogP contribution in [-0.2, 0) is 14.8 Å². The van der Waals surface area contributed by atoms with Gasteiger partial charge in [0.2, 0.25) is 15.9 Å². The third-order valence-corrected chi connectivity index (χ3v) is 5.66. The van der Waals surface area contributed by atoms with Crippen molar-refractivity contribution in [3.8, 4) is 11.5 Å². The number of anilines is 1. The summed E-state index contributed by atoms with van der Waals surface area (Å²) in [6.45, 7) is 3.95. The fraction of sp³-hybridized carbons (Fsp3) is 0.350. The second kappa shape index (κ2) is 8.10. The first kappa shape index (κ1) is 20.0. The smallest absolute Gasteiger partial charge is 0.243 e. The minimum Gasteiger partial charge on any atom is -0.486 e. The number of carbonyl (C=O) groups excluding carboxylic acids is 1. The van der Waals surface area contributed by atoms with Crippen LogP contribution in [0.4, 0.5) is 5.69 Å². The maximum atomic E-state index is 12.7. The van der Waals surface area contributed by atoms with E-state index >= 15 is 0 Å². The van der Waals surface area contributed by atoms with Crippen molar-refractivity contribution < 1.29 is 22.7 Å². The van der Waals surface area contributed by atoms with Crippen molar-refractivity contribution in [3.05, 3.63) is 54.1 Å². The lowest BCUT2D eigenvalue weighted by atomic mass is 10.2. The summed E-state index contributed by atoms with van der Waals surface area (Å²) in [4.78, 5) is 12.7. The van der Waals surface area contributed by atoms with Gasteiger partial charge in [0.15, 0.2) is 11.5 Å². The van der Waals surface area contributed by atoms with Crippen LogP contribution in [0, 0.1) is 6.92 Å². The Morgan fingerprint density at radius 3 is 2.61 bits per heavy atom. The van der Waals surface area contributed by atoms with Gasteiger partial charge in [-0.1, -0.05) is 24.3 Å². The van der Waals surface area contributed by atoms with Crippen molar-refractivity contribution >= 4 is 21.6 Å². The number of carbonyl (C=O) groups is 1. The van der Waals surface area contributed by atoms with Crippen LogP contribution in [-0.4, -0.2) is 45.9 Å². The van der Waals surface area contributed by atoms with Crippen molar-refractivity contribution in [2.45, 2.75) is 26.0 Å². The summed E-state index contributed by atoms with van der Waals surface area (Å²) in [7, 11) is -3.65. The Hall–Kier alpha value is -2.74. The molecule has 1 amide bonds. The number of hydrogen-bond donors (Lipinski definition) is 1. The largest absolute Gasteiger partial charge is 0.486 e. The highest BCUT2D eigenvalue weighted by Crippen LogP contribution is 2.30. The Morgan fingerprint density at radius 1 is 1.21 bits per heavy atom. The van der Waals surface area contributed by atoms with Crippen LogP contribution in [0.25, 0.3) is 0 Å². The van der Waals surface area contributed by atoms with Gasteiger partial charge in [-0.15, -0.1) is 0 Å². The van der Waals surface area contributed by atoms with Crippen LogP contribution >= 0.6 is 0 Å². The fourth-order valence-corrected chi connectivity index (χ4v) is 4.27. The van der Waals surface area contributed by atoms with E-state index in [1.165, 1.54) is 0 Å². The van der Waals surface area contributed by atoms with Gasteiger partial charge in [0, 0.05) is 0 Å². The zero-order valence-corrected chi connectivity index (χ0v) is 16.9. The number of rotatable bonds is 6. The number of nitrogens with zero attached hydrogens (tertiary/aromatic N) is 1. The molecule has 0 unspecified atom stereocenters. The summed E-state index contributed by atoms with van der Waals surface area (Å²) in [6.07, 6.45) is 0.741. The summed E-state index contributed by atoms with van der Waals surface area (Å²) < 4.78 is 37.2. The Morgan fingerprint density at radius 2 is 1.93 bits per heavy atom. The molecule has 0 spiro atoms. The number of hydrogen-bond acceptors (Lipinski definition) is 5. The standard InChI is InChI=1S/C20H24N2O5S/c1-14-7-6-8-16(11-14)22(28(3,24)25)15(2)20(23)21-12-17-13-26-18-9-4-5-10-19(18)27-17/h4-11,15,17H,12-13H2,1-3H3,(H,21,23)/t15-,17-/m1/s1. The molecule has 0 aliphatic carbocycles. The molecule has 7 nitrogen and oxygen atoms in total. The van der Waals surface area contributed by atoms with Gasteiger partial charge in [-0.2, -0.15) is 0 Å². The zero-order chi connectivity index (χ0) is 20.3. The maximum Gasteiger partial charge on any atom is 0.243 e. The molecule has 2 atom stereocenters. The molecular weight excluding hydrogens is 380 g/mol. The van der Waals surface area contributed by atoms with Gasteiger partial charge in [0.25, 0.3) is 0 Å². The fourth-order valence-electron chi connectivity index (χ4n) is 3.10. The van der Waals surface area contributed by atoms with E-state index < -0.39 is 22.0 Å². The summed E-state index contributed by atoms with van der Waals surface area (Å²) in [5.74, 6) is 0.883. The molecular formula is C20H24N2O5S. The number of fused-ring (bicyclic) bond motifs is 1. The first-order valence-corrected chi connectivity index (χ1v) is 10.8. The molecule has 0 saturated heterocycles. The van der Waals surface area contributed by atoms with Crippen LogP contribution < -0.4 is 19.1 Å². The number of nitrogens with one attached hydrogen (secondary N) is 1. The quantitative estimate of drug-likeness (QED) is 0.797. The summed E-state index contributed by atoms with van der Waals surface area (Å²) in [6, 6.07) is 13.5. The second-order valence-corrected chi connectivity index (χ2v) is 8.68. The molecule has 150 valence electrons. The second-order valence-electron chi connectivity index (χ2n) is 6.82. The lowest BCUT2D eigenvalue weighted by Crippen LogP contribution is -2.50. The third kappa shape index (κ3) is 4.56. The molecule has 3 rings (SSSR count). The SMILES string of the molecule is Cc1cccc(N([C@H](C)C(=O)NC[C@@H]2COc3ccccc3O2)S(C)(=O)=O)c1. The highest BCUT2D eigenvalue weighted by molar-refractivity contribution is 7.92. The molecule has 1 aliphatic rings. The highest BCUT2D eigenvalue weighted by atomic mass is 32.2. The molecule has 8 heteroatoms. The number of para-hydroxylation sites is 2. The number of sulfonamides is 1. The predicted molar refractivity (Wildman–Crippen MR) is 107 cm³/mol. The number of ether oxygens (including phenoxy) is 2. The minimum absolute atomic E-state index is 0.211. The molecule has 0 radical (unpaired) electrons. The van der Waals surface area contributed by atoms with Crippen LogP contribution in [0.15, 0.2) is 48.5 Å². The van der Waals surface area contributed by atoms with Gasteiger partial charge in [0.05, 0.1) is 18.5 Å². The van der Waals surface area contributed by atoms with Crippen molar-refractivity contribution in [2.24, 2.45) is 0 Å². The average molecular weight is 404 g/mol. The number of benzene rings is 2. The predicted octanol–water partition coefficient (Wildman–Crippen LogP) is 2.11. The molecule has 1 heterocycles. The monoisotopic (exact) mass is 404 g/mol. The normalized spacial score (nSPS) is 16.9. The molecule has 28 heavy (non-hydrogen) atoms. The van der Waals surface area contributed by atoms with Crippen LogP contribution in [0.5, 0.6) is 11.5 Å². The molecule has 0 aromatic heterocycles. The van der Waals surface area contributed by atoms with E-state index in [0.717, 1.165) is 16.1 Å². The van der Waals surface area contributed by atoms with Crippen LogP contribution in [0.3, 0.4) is 0 Å². The lowest BCUT2D eigenvalue weighted by Gasteiger charge is -2.30. The zero-order valence-electron chi connectivity index (χ0n) is 16.1. The Kier molecular flexibility index (Phi) is 5.79. The van der Waals surface area contributed by atoms with Crippen LogP contribution in [0.2, 0.25) is 0 Å². The van der Waals surface area contributed by atoms with Crippen molar-refractivity contribution in [1.82, 2.24) is 5.32 Å². The third-order valence-electron chi connectivity index (χ3n) is 4.42. The summed E-state index contributed by atoms with van der Waals surface area (Å²) in [5, 5.41) is 2.77. The van der Waals surface area contributed by atoms with Gasteiger partial charge in [0.1, 0.15) is 18.8 Å². The Bertz CT molecular complexity index is 961. The maximum absolute atomic E-state index is 12.7. The molecule has 0 saturated carbocycles. The van der Waals surface area contributed by atoms with E-state index in [0.29, 0.717) is 23.8 Å². The van der Waals surface area contributed by atoms with E-state index in [1.807, 2.05) is 31.2 Å². The summed E-state index contributed by atoms with van der Waals surface area (Å²) >= 11 is 0. The molecule has 2 aromatic rings. The van der Waals surface area contributed by atoms with E-state index in [1.54, 1.807) is 31.2 Å². The molecule has 1 aliphatic heterocycles. The number of aryl methyl sites for hydroxylation is 1. The van der Waals surface area contributed by atoms with E-state index in [4.69, 9.17) is 9.47 Å². The molecule has 0 fully saturated rings. The van der Waals surface area contributed by atoms with Crippen LogP contribution in [0.1, 0.15) is 12.5 Å². The van der Waals surface area contributed by atoms with Gasteiger partial charge >= 0.3 is 0 Å². The lowest BCUT2D eigenvalue weighted by molar-refractivity contribution is -0.122. The molecule has 2 aromatic carbocycles. The van der Waals surface area contributed by atoms with Gasteiger partial charge in [-0.25, -0.2) is 8.42 Å². The van der Waals surface area contributed by atoms with E-state index in [-0.39, 0.29) is 12.6 Å². The minimum atomic E-state index is -3.65. The van der Waals surface area contributed by atoms with Gasteiger partial charge in [-0.05, 0) is 43.7 Å². The Labute approximate surface area is 165 Å². The Balaban J connectivity index is 1.67. The van der Waals surface area contributed by atoms with Crippen molar-refractivity contribution in [2.75, 3.05) is 23.7 Å². The average Bonchev–Trinajstić information content (AvgIpc) is 2.65. The topological polar surface area (TPSA) is 84.9 Å².